The average molecular weight is 1420 g/mol. The molecule has 2 heteroatoms. The maximum absolute atomic E-state index is 2.60. The van der Waals surface area contributed by atoms with Crippen LogP contribution < -0.4 is 9.80 Å². The normalized spacial score (nSPS) is 13.3. The average Bonchev–Trinajstić information content (AvgIpc) is 0.689. The lowest BCUT2D eigenvalue weighted by Gasteiger charge is -2.47. The first-order chi connectivity index (χ1) is 55.6. The van der Waals surface area contributed by atoms with E-state index in [1.165, 1.54) is 121 Å². The van der Waals surface area contributed by atoms with Crippen LogP contribution in [0.15, 0.2) is 437 Å². The van der Waals surface area contributed by atoms with E-state index in [9.17, 15) is 0 Å². The van der Waals surface area contributed by atoms with E-state index >= 15 is 0 Å². The molecule has 22 rings (SSSR count). The van der Waals surface area contributed by atoms with Crippen LogP contribution in [0.4, 0.5) is 34.1 Å². The number of fused-ring (bicyclic) bond motifs is 10. The molecule has 0 saturated carbocycles. The highest BCUT2D eigenvalue weighted by Gasteiger charge is 2.50. The minimum Gasteiger partial charge on any atom is -0.310 e. The van der Waals surface area contributed by atoms with Gasteiger partial charge in [0.05, 0.1) is 33.6 Å². The van der Waals surface area contributed by atoms with Crippen LogP contribution in [0.25, 0.3) is 120 Å². The van der Waals surface area contributed by atoms with Gasteiger partial charge in [0.1, 0.15) is 0 Å². The van der Waals surface area contributed by atoms with Gasteiger partial charge < -0.3 is 9.80 Å². The van der Waals surface area contributed by atoms with Crippen LogP contribution in [0.3, 0.4) is 0 Å². The molecule has 0 fully saturated rings. The van der Waals surface area contributed by atoms with Crippen LogP contribution in [0.2, 0.25) is 0 Å². The third-order valence-electron chi connectivity index (χ3n) is 24.3. The summed E-state index contributed by atoms with van der Waals surface area (Å²) in [6.45, 7) is 0. The fourth-order valence-corrected chi connectivity index (χ4v) is 19.9. The smallest absolute Gasteiger partial charge is 0.0748 e. The summed E-state index contributed by atoms with van der Waals surface area (Å²) >= 11 is 0. The molecule has 0 aliphatic carbocycles. The molecule has 2 heterocycles. The third kappa shape index (κ3) is 9.65. The second-order valence-corrected chi connectivity index (χ2v) is 29.9. The van der Waals surface area contributed by atoms with E-state index in [1.54, 1.807) is 0 Å². The predicted molar refractivity (Wildman–Crippen MR) is 472 cm³/mol. The lowest BCUT2D eigenvalue weighted by Crippen LogP contribution is -2.38. The number of rotatable bonds is 11. The molecule has 20 aromatic carbocycles. The molecule has 0 atom stereocenters. The summed E-state index contributed by atoms with van der Waals surface area (Å²) in [4.78, 5) is 5.04. The van der Waals surface area contributed by atoms with Crippen LogP contribution in [0, 0.1) is 0 Å². The minimum absolute atomic E-state index is 0.826. The van der Waals surface area contributed by atoms with Gasteiger partial charge in [0.25, 0.3) is 0 Å². The van der Waals surface area contributed by atoms with Crippen molar-refractivity contribution in [3.8, 4) is 55.6 Å². The van der Waals surface area contributed by atoms with Gasteiger partial charge in [-0.1, -0.05) is 376 Å². The van der Waals surface area contributed by atoms with E-state index in [1.807, 2.05) is 0 Å². The van der Waals surface area contributed by atoms with Crippen molar-refractivity contribution in [2.75, 3.05) is 9.80 Å². The maximum atomic E-state index is 2.60. The topological polar surface area (TPSA) is 6.48 Å². The van der Waals surface area contributed by atoms with Crippen molar-refractivity contribution in [2.24, 2.45) is 0 Å². The summed E-state index contributed by atoms with van der Waals surface area (Å²) in [6, 6.07) is 165. The quantitative estimate of drug-likeness (QED) is 0.119. The second kappa shape index (κ2) is 26.2. The number of hydrogen-bond donors (Lipinski definition) is 0. The molecule has 0 bridgehead atoms. The molecule has 0 saturated heterocycles. The van der Waals surface area contributed by atoms with Crippen molar-refractivity contribution in [2.45, 2.75) is 10.8 Å². The van der Waals surface area contributed by atoms with Gasteiger partial charge in [-0.15, -0.1) is 0 Å². The fourth-order valence-electron chi connectivity index (χ4n) is 19.9. The Labute approximate surface area is 652 Å². The monoisotopic (exact) mass is 1420 g/mol. The molecule has 0 spiro atoms. The Hall–Kier alpha value is -14.4. The first-order valence-electron chi connectivity index (χ1n) is 39.0. The molecular weight excluding hydrogens is 1350 g/mol. The molecular formula is C110H72N2. The summed E-state index contributed by atoms with van der Waals surface area (Å²) < 4.78 is 0. The standard InChI is InChI=1S/C110H72N2/c1-7-39-75(40-8-1)109(76-41-9-2-10-42-76)99-65-23-25-67-101(99)111(79-47-15-5-16-48-79)103-69-33-63-93(107(103)109)87-57-31-61-91-97(87)72-98-88(94-64-34-70-104-108(94)110(77-43-11-3-12-44-77,78-45-13-4-14-46-78)100-66-24-26-68-102(100)112(104)80-49-17-6-18-50-80)58-32-62-92(98)106(91)105-89-59-29-55-85(83-53-27-37-73-35-19-21-51-81(73)83)95(89)71-96-86(56-30-60-90(96)105)84-54-28-38-74-36-20-22-52-82(74)84/h1-72H. The first kappa shape index (κ1) is 64.7. The maximum Gasteiger partial charge on any atom is 0.0748 e. The molecule has 20 aromatic rings. The van der Waals surface area contributed by atoms with E-state index in [2.05, 4.69) is 447 Å². The zero-order valence-electron chi connectivity index (χ0n) is 61.5. The molecule has 0 aromatic heterocycles. The van der Waals surface area contributed by atoms with Crippen molar-refractivity contribution in [3.63, 3.8) is 0 Å². The molecule has 522 valence electrons. The van der Waals surface area contributed by atoms with Gasteiger partial charge in [0, 0.05) is 22.5 Å². The van der Waals surface area contributed by atoms with E-state index < -0.39 is 10.8 Å². The Morgan fingerprint density at radius 3 is 0.741 bits per heavy atom. The molecule has 2 aliphatic rings. The van der Waals surface area contributed by atoms with Crippen LogP contribution in [-0.2, 0) is 10.8 Å². The summed E-state index contributed by atoms with van der Waals surface area (Å²) in [5, 5.41) is 14.2. The van der Waals surface area contributed by atoms with E-state index in [4.69, 9.17) is 0 Å². The molecule has 112 heavy (non-hydrogen) atoms. The molecule has 0 amide bonds. The van der Waals surface area contributed by atoms with Gasteiger partial charge in [-0.3, -0.25) is 0 Å². The number of para-hydroxylation sites is 4. The molecule has 0 unspecified atom stereocenters. The van der Waals surface area contributed by atoms with Gasteiger partial charge in [-0.05, 0) is 214 Å². The highest BCUT2D eigenvalue weighted by atomic mass is 15.2. The Morgan fingerprint density at radius 1 is 0.161 bits per heavy atom. The van der Waals surface area contributed by atoms with Crippen molar-refractivity contribution in [1.29, 1.82) is 0 Å². The third-order valence-corrected chi connectivity index (χ3v) is 24.3. The number of hydrogen-bond acceptors (Lipinski definition) is 2. The van der Waals surface area contributed by atoms with Crippen LogP contribution in [-0.4, -0.2) is 0 Å². The van der Waals surface area contributed by atoms with Gasteiger partial charge in [0.2, 0.25) is 0 Å². The predicted octanol–water partition coefficient (Wildman–Crippen LogP) is 29.3. The summed E-state index contributed by atoms with van der Waals surface area (Å²) in [7, 11) is 0. The van der Waals surface area contributed by atoms with Crippen LogP contribution in [0.5, 0.6) is 0 Å². The Balaban J connectivity index is 0.939. The molecule has 0 N–H and O–H groups in total. The zero-order chi connectivity index (χ0) is 73.9. The highest BCUT2D eigenvalue weighted by Crippen LogP contribution is 2.64. The highest BCUT2D eigenvalue weighted by molar-refractivity contribution is 6.29. The van der Waals surface area contributed by atoms with E-state index in [-0.39, 0.29) is 0 Å². The molecule has 2 aliphatic heterocycles. The summed E-state index contributed by atoms with van der Waals surface area (Å²) in [5.41, 5.74) is 26.3. The number of nitrogens with zero attached hydrogens (tertiary/aromatic N) is 2. The SMILES string of the molecule is c1ccc(N2c3ccccc3C(c3ccccc3)(c3ccccc3)c3c(-c4cccc5c(-c6c7cccc(-c8cccc9ccccc89)c7cc7c(-c8cccc9ccccc89)cccc67)c6cccc(-c7cccc8c7C(c7ccccc7)(c7ccccc7)c7ccccc7N8c7ccccc7)c6cc45)cccc32)cc1. The van der Waals surface area contributed by atoms with Gasteiger partial charge in [0.15, 0.2) is 0 Å². The summed E-state index contributed by atoms with van der Waals surface area (Å²) in [5.74, 6) is 0. The lowest BCUT2D eigenvalue weighted by molar-refractivity contribution is 0.733. The second-order valence-electron chi connectivity index (χ2n) is 29.9. The van der Waals surface area contributed by atoms with Gasteiger partial charge >= 0.3 is 0 Å². The molecule has 2 nitrogen and oxygen atoms in total. The van der Waals surface area contributed by atoms with Crippen molar-refractivity contribution in [3.05, 3.63) is 481 Å². The first-order valence-corrected chi connectivity index (χ1v) is 39.0. The number of benzene rings is 20. The Bertz CT molecular complexity index is 6600. The van der Waals surface area contributed by atoms with E-state index in [0.717, 1.165) is 77.9 Å². The lowest BCUT2D eigenvalue weighted by atomic mass is 9.60. The van der Waals surface area contributed by atoms with Crippen LogP contribution >= 0.6 is 0 Å². The molecule has 0 radical (unpaired) electrons. The van der Waals surface area contributed by atoms with E-state index in [0.29, 0.717) is 0 Å². The largest absolute Gasteiger partial charge is 0.310 e. The van der Waals surface area contributed by atoms with Crippen LogP contribution in [0.1, 0.15) is 44.5 Å². The van der Waals surface area contributed by atoms with Gasteiger partial charge in [-0.25, -0.2) is 0 Å². The zero-order valence-corrected chi connectivity index (χ0v) is 61.5. The van der Waals surface area contributed by atoms with Crippen molar-refractivity contribution < 1.29 is 0 Å². The summed E-state index contributed by atoms with van der Waals surface area (Å²) in [6.07, 6.45) is 0. The Morgan fingerprint density at radius 2 is 0.393 bits per heavy atom. The van der Waals surface area contributed by atoms with Crippen molar-refractivity contribution in [1.82, 2.24) is 0 Å². The van der Waals surface area contributed by atoms with Gasteiger partial charge in [-0.2, -0.15) is 0 Å². The number of anilines is 6. The Kier molecular flexibility index (Phi) is 15.1. The van der Waals surface area contributed by atoms with Crippen molar-refractivity contribution >= 4 is 98.8 Å². The fraction of sp³-hybridized carbons (Fsp3) is 0.0182. The minimum atomic E-state index is -0.826.